The number of carbonyl (C=O) groups excluding carboxylic acids is 2. The van der Waals surface area contributed by atoms with E-state index < -0.39 is 48.9 Å². The van der Waals surface area contributed by atoms with Crippen LogP contribution in [-0.4, -0.2) is 69.7 Å². The van der Waals surface area contributed by atoms with Crippen molar-refractivity contribution < 1.29 is 29.6 Å². The Hall–Kier alpha value is -2.00. The van der Waals surface area contributed by atoms with Gasteiger partial charge in [-0.05, 0) is 5.56 Å². The summed E-state index contributed by atoms with van der Waals surface area (Å²) in [5, 5.41) is 31.4. The number of aliphatic hydroxyl groups is 3. The van der Waals surface area contributed by atoms with Gasteiger partial charge in [0.15, 0.2) is 0 Å². The maximum Gasteiger partial charge on any atom is 0.324 e. The zero-order valence-corrected chi connectivity index (χ0v) is 12.9. The highest BCUT2D eigenvalue weighted by Gasteiger charge is 2.50. The van der Waals surface area contributed by atoms with Crippen LogP contribution in [0, 0.1) is 5.92 Å². The van der Waals surface area contributed by atoms with Crippen LogP contribution in [0.25, 0.3) is 0 Å². The minimum absolute atomic E-state index is 0.0617. The lowest BCUT2D eigenvalue weighted by atomic mass is 9.93. The first-order valence-corrected chi connectivity index (χ1v) is 7.77. The van der Waals surface area contributed by atoms with E-state index >= 15 is 0 Å². The predicted octanol–water partition coefficient (Wildman–Crippen LogP) is -1.16. The van der Waals surface area contributed by atoms with Crippen molar-refractivity contribution in [3.8, 4) is 0 Å². The summed E-state index contributed by atoms with van der Waals surface area (Å²) in [5.74, 6) is -1.38. The lowest BCUT2D eigenvalue weighted by Crippen LogP contribution is -2.58. The summed E-state index contributed by atoms with van der Waals surface area (Å²) in [6, 6.07) is 8.80. The van der Waals surface area contributed by atoms with Gasteiger partial charge in [0.05, 0.1) is 18.6 Å². The number of aliphatic hydroxyl groups excluding tert-OH is 3. The molecule has 0 spiro atoms. The number of nitrogens with zero attached hydrogens (tertiary/aromatic N) is 1. The third-order valence-corrected chi connectivity index (χ3v) is 4.46. The molecule has 2 aliphatic heterocycles. The summed E-state index contributed by atoms with van der Waals surface area (Å²) in [6.07, 6.45) is -4.50. The highest BCUT2D eigenvalue weighted by atomic mass is 16.6. The van der Waals surface area contributed by atoms with Gasteiger partial charge < -0.3 is 25.0 Å². The fourth-order valence-electron chi connectivity index (χ4n) is 3.13. The van der Waals surface area contributed by atoms with E-state index in [-0.39, 0.29) is 6.54 Å². The van der Waals surface area contributed by atoms with E-state index in [1.165, 1.54) is 4.90 Å². The number of carbonyl (C=O) groups is 2. The van der Waals surface area contributed by atoms with Gasteiger partial charge in [0.2, 0.25) is 5.91 Å². The van der Waals surface area contributed by atoms with Gasteiger partial charge in [-0.3, -0.25) is 10.1 Å². The van der Waals surface area contributed by atoms with E-state index in [9.17, 15) is 19.8 Å². The Bertz CT molecular complexity index is 610. The molecule has 5 atom stereocenters. The van der Waals surface area contributed by atoms with Gasteiger partial charge >= 0.3 is 6.03 Å². The van der Waals surface area contributed by atoms with E-state index in [1.807, 2.05) is 30.3 Å². The van der Waals surface area contributed by atoms with E-state index in [4.69, 9.17) is 9.84 Å². The SMILES string of the molecule is O=C1NC(=O)N(Cc2ccccc2)CC1[C@@H]1O[C@H](CO)[C@@H](O)[C@H]1O. The highest BCUT2D eigenvalue weighted by molar-refractivity contribution is 5.98. The Kier molecular flexibility index (Phi) is 4.81. The van der Waals surface area contributed by atoms with Crippen molar-refractivity contribution in [3.63, 3.8) is 0 Å². The van der Waals surface area contributed by atoms with Gasteiger partial charge in [0, 0.05) is 13.1 Å². The first kappa shape index (κ1) is 16.8. The molecule has 8 heteroatoms. The molecular formula is C16H20N2O6. The first-order chi connectivity index (χ1) is 11.5. The molecular weight excluding hydrogens is 316 g/mol. The third-order valence-electron chi connectivity index (χ3n) is 4.46. The number of rotatable bonds is 4. The molecule has 4 N–H and O–H groups in total. The van der Waals surface area contributed by atoms with Crippen LogP contribution in [0.4, 0.5) is 4.79 Å². The summed E-state index contributed by atoms with van der Waals surface area (Å²) in [7, 11) is 0. The Labute approximate surface area is 138 Å². The summed E-state index contributed by atoms with van der Waals surface area (Å²) in [4.78, 5) is 25.6. The van der Waals surface area contributed by atoms with E-state index in [0.29, 0.717) is 6.54 Å². The fraction of sp³-hybridized carbons (Fsp3) is 0.500. The highest BCUT2D eigenvalue weighted by Crippen LogP contribution is 2.29. The van der Waals surface area contributed by atoms with Gasteiger partial charge in [-0.25, -0.2) is 4.79 Å². The average Bonchev–Trinajstić information content (AvgIpc) is 2.86. The molecule has 1 unspecified atom stereocenters. The number of amides is 3. The molecule has 2 saturated heterocycles. The Morgan fingerprint density at radius 3 is 2.50 bits per heavy atom. The number of nitrogens with one attached hydrogen (secondary N) is 1. The number of hydrogen-bond donors (Lipinski definition) is 4. The maximum atomic E-state index is 12.1. The molecule has 3 rings (SSSR count). The second kappa shape index (κ2) is 6.86. The van der Waals surface area contributed by atoms with Crippen molar-refractivity contribution in [1.82, 2.24) is 10.2 Å². The van der Waals surface area contributed by atoms with Gasteiger partial charge in [-0.1, -0.05) is 30.3 Å². The molecule has 0 aliphatic carbocycles. The van der Waals surface area contributed by atoms with Crippen molar-refractivity contribution in [2.24, 2.45) is 5.92 Å². The molecule has 130 valence electrons. The minimum atomic E-state index is -1.30. The lowest BCUT2D eigenvalue weighted by Gasteiger charge is -2.35. The van der Waals surface area contributed by atoms with Crippen LogP contribution in [0.15, 0.2) is 30.3 Å². The largest absolute Gasteiger partial charge is 0.394 e. The van der Waals surface area contributed by atoms with Crippen LogP contribution in [0.5, 0.6) is 0 Å². The Morgan fingerprint density at radius 1 is 1.17 bits per heavy atom. The van der Waals surface area contributed by atoms with E-state index in [1.54, 1.807) is 0 Å². The summed E-state index contributed by atoms with van der Waals surface area (Å²) < 4.78 is 5.43. The van der Waals surface area contributed by atoms with Crippen LogP contribution in [0.3, 0.4) is 0 Å². The smallest absolute Gasteiger partial charge is 0.324 e. The van der Waals surface area contributed by atoms with Gasteiger partial charge in [-0.2, -0.15) is 0 Å². The van der Waals surface area contributed by atoms with Crippen LogP contribution in [-0.2, 0) is 16.1 Å². The average molecular weight is 336 g/mol. The molecule has 2 fully saturated rings. The topological polar surface area (TPSA) is 119 Å². The van der Waals surface area contributed by atoms with Crippen molar-refractivity contribution >= 4 is 11.9 Å². The van der Waals surface area contributed by atoms with Gasteiger partial charge in [0.25, 0.3) is 0 Å². The van der Waals surface area contributed by atoms with E-state index in [2.05, 4.69) is 5.32 Å². The van der Waals surface area contributed by atoms with Crippen molar-refractivity contribution in [2.45, 2.75) is 31.0 Å². The summed E-state index contributed by atoms with van der Waals surface area (Å²) >= 11 is 0. The zero-order valence-electron chi connectivity index (χ0n) is 12.9. The zero-order chi connectivity index (χ0) is 17.3. The van der Waals surface area contributed by atoms with Crippen LogP contribution in [0.1, 0.15) is 5.56 Å². The standard InChI is InChI=1S/C16H20N2O6/c19-8-11-12(20)13(21)14(24-11)10-7-18(16(23)17-15(10)22)6-9-4-2-1-3-5-9/h1-5,10-14,19-21H,6-8H2,(H,17,22,23)/t10?,11-,12-,13-,14+/m1/s1. The molecule has 0 saturated carbocycles. The Balaban J connectivity index is 1.74. The van der Waals surface area contributed by atoms with Gasteiger partial charge in [-0.15, -0.1) is 0 Å². The van der Waals surface area contributed by atoms with Crippen molar-refractivity contribution in [3.05, 3.63) is 35.9 Å². The van der Waals surface area contributed by atoms with Crippen LogP contribution in [0.2, 0.25) is 0 Å². The second-order valence-corrected chi connectivity index (χ2v) is 6.07. The molecule has 2 heterocycles. The summed E-state index contributed by atoms with van der Waals surface area (Å²) in [5.41, 5.74) is 0.905. The number of benzene rings is 1. The number of hydrogen-bond acceptors (Lipinski definition) is 6. The number of imide groups is 1. The molecule has 8 nitrogen and oxygen atoms in total. The monoisotopic (exact) mass is 336 g/mol. The normalized spacial score (nSPS) is 33.6. The first-order valence-electron chi connectivity index (χ1n) is 7.77. The lowest BCUT2D eigenvalue weighted by molar-refractivity contribution is -0.135. The fourth-order valence-corrected chi connectivity index (χ4v) is 3.13. The molecule has 1 aromatic carbocycles. The molecule has 3 amide bonds. The quantitative estimate of drug-likeness (QED) is 0.550. The van der Waals surface area contributed by atoms with Gasteiger partial charge in [0.1, 0.15) is 18.3 Å². The Morgan fingerprint density at radius 2 is 1.88 bits per heavy atom. The van der Waals surface area contributed by atoms with Crippen LogP contribution >= 0.6 is 0 Å². The number of ether oxygens (including phenoxy) is 1. The molecule has 0 aromatic heterocycles. The van der Waals surface area contributed by atoms with Crippen molar-refractivity contribution in [1.29, 1.82) is 0 Å². The summed E-state index contributed by atoms with van der Waals surface area (Å²) in [6.45, 7) is -0.0901. The predicted molar refractivity (Wildman–Crippen MR) is 81.6 cm³/mol. The molecule has 0 radical (unpaired) electrons. The van der Waals surface area contributed by atoms with Crippen LogP contribution < -0.4 is 5.32 Å². The minimum Gasteiger partial charge on any atom is -0.394 e. The second-order valence-electron chi connectivity index (χ2n) is 6.07. The molecule has 2 aliphatic rings. The molecule has 0 bridgehead atoms. The third kappa shape index (κ3) is 3.13. The van der Waals surface area contributed by atoms with E-state index in [0.717, 1.165) is 5.56 Å². The molecule has 1 aromatic rings. The van der Waals surface area contributed by atoms with Crippen molar-refractivity contribution in [2.75, 3.05) is 13.2 Å². The molecule has 24 heavy (non-hydrogen) atoms. The maximum absolute atomic E-state index is 12.1. The number of urea groups is 1.